The van der Waals surface area contributed by atoms with Crippen molar-refractivity contribution in [2.75, 3.05) is 19.4 Å². The average molecular weight is 354 g/mol. The van der Waals surface area contributed by atoms with Crippen LogP contribution >= 0.6 is 11.8 Å². The Bertz CT molecular complexity index is 690. The van der Waals surface area contributed by atoms with Gasteiger partial charge in [0.1, 0.15) is 11.6 Å². The van der Waals surface area contributed by atoms with Crippen molar-refractivity contribution >= 4 is 11.8 Å². The molecule has 0 aliphatic heterocycles. The maximum atomic E-state index is 13.0. The third kappa shape index (κ3) is 3.70. The fourth-order valence-electron chi connectivity index (χ4n) is 2.55. The number of benzene rings is 1. The van der Waals surface area contributed by atoms with Crippen LogP contribution in [-0.2, 0) is 6.42 Å². The largest absolute Gasteiger partial charge is 0.497 e. The molecule has 24 heavy (non-hydrogen) atoms. The molecule has 1 saturated carbocycles. The van der Waals surface area contributed by atoms with Crippen molar-refractivity contribution in [3.63, 3.8) is 0 Å². The number of methoxy groups -OCH3 is 1. The zero-order valence-corrected chi connectivity index (χ0v) is 14.2. The van der Waals surface area contributed by atoms with E-state index in [9.17, 15) is 8.78 Å². The summed E-state index contributed by atoms with van der Waals surface area (Å²) < 4.78 is 33.1. The van der Waals surface area contributed by atoms with Gasteiger partial charge in [0, 0.05) is 30.2 Å². The second-order valence-corrected chi connectivity index (χ2v) is 6.83. The minimum Gasteiger partial charge on any atom is -0.497 e. The van der Waals surface area contributed by atoms with Crippen molar-refractivity contribution in [3.05, 3.63) is 30.1 Å². The molecule has 1 aromatic heterocycles. The Balaban J connectivity index is 1.75. The van der Waals surface area contributed by atoms with Crippen molar-refractivity contribution in [1.29, 1.82) is 0 Å². The summed E-state index contributed by atoms with van der Waals surface area (Å²) in [5.74, 6) is -0.823. The maximum absolute atomic E-state index is 13.0. The van der Waals surface area contributed by atoms with E-state index in [0.717, 1.165) is 17.3 Å². The molecule has 1 atom stereocenters. The van der Waals surface area contributed by atoms with Crippen LogP contribution < -0.4 is 10.5 Å². The molecule has 0 amide bonds. The van der Waals surface area contributed by atoms with Crippen LogP contribution in [0.3, 0.4) is 0 Å². The monoisotopic (exact) mass is 354 g/mol. The first-order valence-corrected chi connectivity index (χ1v) is 8.83. The molecule has 3 rings (SSSR count). The summed E-state index contributed by atoms with van der Waals surface area (Å²) in [7, 11) is 1.61. The zero-order valence-electron chi connectivity index (χ0n) is 13.4. The SMILES string of the molecule is COc1ccc(-n2c(CCN)nnc2SCC[C@@H]2CC2(F)F)cc1. The van der Waals surface area contributed by atoms with E-state index in [4.69, 9.17) is 10.5 Å². The predicted molar refractivity (Wildman–Crippen MR) is 89.1 cm³/mol. The molecule has 0 saturated heterocycles. The Kier molecular flexibility index (Phi) is 5.05. The molecule has 0 unspecified atom stereocenters. The van der Waals surface area contributed by atoms with Crippen LogP contribution in [0.2, 0.25) is 0 Å². The normalized spacial score (nSPS) is 18.6. The van der Waals surface area contributed by atoms with Gasteiger partial charge in [-0.25, -0.2) is 8.78 Å². The van der Waals surface area contributed by atoms with Gasteiger partial charge in [-0.3, -0.25) is 4.57 Å². The van der Waals surface area contributed by atoms with Crippen molar-refractivity contribution in [3.8, 4) is 11.4 Å². The Morgan fingerprint density at radius 2 is 2.04 bits per heavy atom. The van der Waals surface area contributed by atoms with Crippen molar-refractivity contribution < 1.29 is 13.5 Å². The highest BCUT2D eigenvalue weighted by atomic mass is 32.2. The molecule has 130 valence electrons. The van der Waals surface area contributed by atoms with E-state index < -0.39 is 11.8 Å². The van der Waals surface area contributed by atoms with Gasteiger partial charge in [-0.05, 0) is 37.2 Å². The first-order valence-electron chi connectivity index (χ1n) is 7.84. The number of nitrogens with two attached hydrogens (primary N) is 1. The highest BCUT2D eigenvalue weighted by Crippen LogP contribution is 2.51. The number of nitrogens with zero attached hydrogens (tertiary/aromatic N) is 3. The van der Waals surface area contributed by atoms with Crippen molar-refractivity contribution in [2.45, 2.75) is 30.3 Å². The van der Waals surface area contributed by atoms with E-state index >= 15 is 0 Å². The lowest BCUT2D eigenvalue weighted by Crippen LogP contribution is -2.09. The molecule has 1 aromatic carbocycles. The van der Waals surface area contributed by atoms with E-state index in [-0.39, 0.29) is 6.42 Å². The van der Waals surface area contributed by atoms with Gasteiger partial charge in [0.25, 0.3) is 5.92 Å². The highest BCUT2D eigenvalue weighted by Gasteiger charge is 2.55. The van der Waals surface area contributed by atoms with E-state index in [1.807, 2.05) is 28.8 Å². The van der Waals surface area contributed by atoms with Crippen molar-refractivity contribution in [1.82, 2.24) is 14.8 Å². The third-order valence-corrected chi connectivity index (χ3v) is 5.01. The first-order chi connectivity index (χ1) is 11.5. The number of halogens is 2. The Morgan fingerprint density at radius 1 is 1.33 bits per heavy atom. The third-order valence-electron chi connectivity index (χ3n) is 4.05. The summed E-state index contributed by atoms with van der Waals surface area (Å²) in [5, 5.41) is 9.11. The summed E-state index contributed by atoms with van der Waals surface area (Å²) in [6, 6.07) is 7.56. The standard InChI is InChI=1S/C16H20F2N4OS/c1-23-13-4-2-12(3-5-13)22-14(6-8-19)20-21-15(22)24-9-7-11-10-16(11,17)18/h2-5,11H,6-10,19H2,1H3/t11-/m1/s1. The van der Waals surface area contributed by atoms with Gasteiger partial charge < -0.3 is 10.5 Å². The van der Waals surface area contributed by atoms with Gasteiger partial charge in [0.2, 0.25) is 0 Å². The second-order valence-electron chi connectivity index (χ2n) is 5.77. The van der Waals surface area contributed by atoms with Crippen LogP contribution in [0.25, 0.3) is 5.69 Å². The van der Waals surface area contributed by atoms with Crippen LogP contribution in [0, 0.1) is 5.92 Å². The van der Waals surface area contributed by atoms with E-state index in [0.29, 0.717) is 30.3 Å². The fourth-order valence-corrected chi connectivity index (χ4v) is 3.57. The van der Waals surface area contributed by atoms with E-state index in [1.165, 1.54) is 11.8 Å². The van der Waals surface area contributed by atoms with Gasteiger partial charge in [0.15, 0.2) is 5.16 Å². The Hall–Kier alpha value is -1.67. The molecule has 8 heteroatoms. The second kappa shape index (κ2) is 7.06. The van der Waals surface area contributed by atoms with Gasteiger partial charge in [0.05, 0.1) is 7.11 Å². The fraction of sp³-hybridized carbons (Fsp3) is 0.500. The molecule has 0 radical (unpaired) electrons. The summed E-state index contributed by atoms with van der Waals surface area (Å²) in [6.07, 6.45) is 1.09. The molecule has 1 fully saturated rings. The van der Waals surface area contributed by atoms with E-state index in [2.05, 4.69) is 10.2 Å². The minimum absolute atomic E-state index is 0.0111. The number of rotatable bonds is 8. The molecular formula is C16H20F2N4OS. The smallest absolute Gasteiger partial charge is 0.251 e. The minimum atomic E-state index is -2.46. The highest BCUT2D eigenvalue weighted by molar-refractivity contribution is 7.99. The number of alkyl halides is 2. The quantitative estimate of drug-likeness (QED) is 0.739. The van der Waals surface area contributed by atoms with Crippen LogP contribution in [0.1, 0.15) is 18.7 Å². The zero-order chi connectivity index (χ0) is 17.2. The summed E-state index contributed by atoms with van der Waals surface area (Å²) in [6.45, 7) is 0.466. The Labute approximate surface area is 143 Å². The number of aromatic nitrogens is 3. The van der Waals surface area contributed by atoms with Crippen LogP contribution in [0.5, 0.6) is 5.75 Å². The molecule has 5 nitrogen and oxygen atoms in total. The molecule has 1 aliphatic rings. The molecule has 0 bridgehead atoms. The van der Waals surface area contributed by atoms with Gasteiger partial charge in [-0.1, -0.05) is 11.8 Å². The number of hydrogen-bond donors (Lipinski definition) is 1. The van der Waals surface area contributed by atoms with Crippen molar-refractivity contribution in [2.24, 2.45) is 11.7 Å². The van der Waals surface area contributed by atoms with Crippen LogP contribution in [0.4, 0.5) is 8.78 Å². The molecule has 2 N–H and O–H groups in total. The van der Waals surface area contributed by atoms with E-state index in [1.54, 1.807) is 7.11 Å². The lowest BCUT2D eigenvalue weighted by Gasteiger charge is -2.10. The first kappa shape index (κ1) is 17.2. The van der Waals surface area contributed by atoms with Crippen LogP contribution in [-0.4, -0.2) is 40.1 Å². The van der Waals surface area contributed by atoms with Crippen LogP contribution in [0.15, 0.2) is 29.4 Å². The van der Waals surface area contributed by atoms with Gasteiger partial charge in [-0.2, -0.15) is 0 Å². The number of hydrogen-bond acceptors (Lipinski definition) is 5. The predicted octanol–water partition coefficient (Wildman–Crippen LogP) is 2.91. The average Bonchev–Trinajstić information content (AvgIpc) is 3.00. The molecule has 1 heterocycles. The van der Waals surface area contributed by atoms with Gasteiger partial charge >= 0.3 is 0 Å². The van der Waals surface area contributed by atoms with Gasteiger partial charge in [-0.15, -0.1) is 10.2 Å². The Morgan fingerprint density at radius 3 is 2.62 bits per heavy atom. The number of thioether (sulfide) groups is 1. The molecular weight excluding hydrogens is 334 g/mol. The summed E-state index contributed by atoms with van der Waals surface area (Å²) in [4.78, 5) is 0. The molecule has 0 spiro atoms. The summed E-state index contributed by atoms with van der Waals surface area (Å²) >= 11 is 1.45. The summed E-state index contributed by atoms with van der Waals surface area (Å²) in [5.41, 5.74) is 6.56. The lowest BCUT2D eigenvalue weighted by molar-refractivity contribution is 0.0983. The molecule has 1 aliphatic carbocycles. The maximum Gasteiger partial charge on any atom is 0.251 e. The topological polar surface area (TPSA) is 66.0 Å². The molecule has 2 aromatic rings. The lowest BCUT2D eigenvalue weighted by atomic mass is 10.3. The number of ether oxygens (including phenoxy) is 1.